The molecule has 1 aromatic rings. The first-order chi connectivity index (χ1) is 11.1. The molecule has 0 fully saturated rings. The molecule has 0 aromatic heterocycles. The molecule has 24 heavy (non-hydrogen) atoms. The van der Waals surface area contributed by atoms with Crippen molar-refractivity contribution in [1.82, 2.24) is 10.6 Å². The van der Waals surface area contributed by atoms with E-state index in [1.807, 2.05) is 0 Å². The van der Waals surface area contributed by atoms with Crippen LogP contribution in [0.4, 0.5) is 23.7 Å². The number of halogens is 4. The molecule has 3 amide bonds. The van der Waals surface area contributed by atoms with E-state index in [4.69, 9.17) is 11.6 Å². The lowest BCUT2D eigenvalue weighted by molar-refractivity contribution is -0.137. The number of esters is 1. The Labute approximate surface area is 139 Å². The molecule has 0 aliphatic rings. The standard InChI is InChI=1S/C13H13ClF3N3O4/c1-24-11(22)8-4-7(2-3-9(8)14)20-12(23)18-5-10(21)19-6-13(15,16)17/h2-4H,5-6H2,1H3,(H,19,21)(H2,18,20,23). The van der Waals surface area contributed by atoms with E-state index < -0.39 is 37.2 Å². The van der Waals surface area contributed by atoms with E-state index >= 15 is 0 Å². The molecule has 0 saturated heterocycles. The van der Waals surface area contributed by atoms with Crippen LogP contribution in [-0.2, 0) is 9.53 Å². The molecular formula is C13H13ClF3N3O4. The van der Waals surface area contributed by atoms with Crippen molar-refractivity contribution in [3.05, 3.63) is 28.8 Å². The number of carbonyl (C=O) groups excluding carboxylic acids is 3. The first-order valence-electron chi connectivity index (χ1n) is 6.38. The number of anilines is 1. The smallest absolute Gasteiger partial charge is 0.405 e. The Kier molecular flexibility index (Phi) is 6.83. The third-order valence-corrected chi connectivity index (χ3v) is 2.85. The second kappa shape index (κ2) is 8.39. The third-order valence-electron chi connectivity index (χ3n) is 2.53. The molecule has 3 N–H and O–H groups in total. The average Bonchev–Trinajstić information content (AvgIpc) is 2.51. The van der Waals surface area contributed by atoms with Crippen molar-refractivity contribution in [2.45, 2.75) is 6.18 Å². The Balaban J connectivity index is 2.54. The summed E-state index contributed by atoms with van der Waals surface area (Å²) in [5.41, 5.74) is 0.188. The van der Waals surface area contributed by atoms with Gasteiger partial charge < -0.3 is 20.7 Å². The third kappa shape index (κ3) is 6.73. The highest BCUT2D eigenvalue weighted by molar-refractivity contribution is 6.33. The summed E-state index contributed by atoms with van der Waals surface area (Å²) in [5, 5.41) is 6.07. The lowest BCUT2D eigenvalue weighted by Gasteiger charge is -2.11. The van der Waals surface area contributed by atoms with Gasteiger partial charge >= 0.3 is 18.2 Å². The number of ether oxygens (including phenoxy) is 1. The molecule has 11 heteroatoms. The highest BCUT2D eigenvalue weighted by Gasteiger charge is 2.27. The van der Waals surface area contributed by atoms with E-state index in [0.717, 1.165) is 7.11 Å². The molecule has 132 valence electrons. The topological polar surface area (TPSA) is 96.5 Å². The second-order valence-electron chi connectivity index (χ2n) is 4.39. The van der Waals surface area contributed by atoms with Gasteiger partial charge in [-0.15, -0.1) is 0 Å². The highest BCUT2D eigenvalue weighted by Crippen LogP contribution is 2.21. The van der Waals surface area contributed by atoms with Crippen LogP contribution >= 0.6 is 11.6 Å². The predicted molar refractivity (Wildman–Crippen MR) is 78.9 cm³/mol. The van der Waals surface area contributed by atoms with Gasteiger partial charge in [0.05, 0.1) is 24.2 Å². The minimum Gasteiger partial charge on any atom is -0.465 e. The van der Waals surface area contributed by atoms with E-state index in [-0.39, 0.29) is 16.3 Å². The fraction of sp³-hybridized carbons (Fsp3) is 0.308. The Hall–Kier alpha value is -2.49. The maximum absolute atomic E-state index is 11.9. The first kappa shape index (κ1) is 19.6. The molecule has 0 spiro atoms. The van der Waals surface area contributed by atoms with Gasteiger partial charge in [-0.05, 0) is 18.2 Å². The molecular weight excluding hydrogens is 355 g/mol. The van der Waals surface area contributed by atoms with Crippen LogP contribution in [0.3, 0.4) is 0 Å². The molecule has 0 aliphatic heterocycles. The number of alkyl halides is 3. The van der Waals surface area contributed by atoms with Crippen LogP contribution in [0.5, 0.6) is 0 Å². The minimum atomic E-state index is -4.54. The van der Waals surface area contributed by atoms with Gasteiger partial charge in [0.25, 0.3) is 0 Å². The number of hydrogen-bond acceptors (Lipinski definition) is 4. The summed E-state index contributed by atoms with van der Waals surface area (Å²) in [5.74, 6) is -1.72. The zero-order valence-electron chi connectivity index (χ0n) is 12.3. The zero-order valence-corrected chi connectivity index (χ0v) is 13.0. The fourth-order valence-corrected chi connectivity index (χ4v) is 1.66. The van der Waals surface area contributed by atoms with Gasteiger partial charge in [-0.3, -0.25) is 4.79 Å². The quantitative estimate of drug-likeness (QED) is 0.693. The Morgan fingerprint density at radius 2 is 1.88 bits per heavy atom. The van der Waals surface area contributed by atoms with Gasteiger partial charge in [0.2, 0.25) is 5.91 Å². The molecule has 0 bridgehead atoms. The summed E-state index contributed by atoms with van der Waals surface area (Å²) >= 11 is 5.81. The first-order valence-corrected chi connectivity index (χ1v) is 6.76. The average molecular weight is 368 g/mol. The highest BCUT2D eigenvalue weighted by atomic mass is 35.5. The van der Waals surface area contributed by atoms with Gasteiger partial charge in [0.15, 0.2) is 0 Å². The van der Waals surface area contributed by atoms with Crippen LogP contribution in [-0.4, -0.2) is 44.3 Å². The maximum Gasteiger partial charge on any atom is 0.405 e. The van der Waals surface area contributed by atoms with Gasteiger partial charge in [-0.1, -0.05) is 11.6 Å². The molecule has 0 atom stereocenters. The number of urea groups is 1. The van der Waals surface area contributed by atoms with Gasteiger partial charge in [0, 0.05) is 5.69 Å². The summed E-state index contributed by atoms with van der Waals surface area (Å²) in [6, 6.07) is 3.13. The van der Waals surface area contributed by atoms with Crippen LogP contribution in [0.15, 0.2) is 18.2 Å². The maximum atomic E-state index is 11.9. The molecule has 0 unspecified atom stereocenters. The van der Waals surface area contributed by atoms with E-state index in [0.29, 0.717) is 0 Å². The summed E-state index contributed by atoms with van der Waals surface area (Å²) in [7, 11) is 1.16. The van der Waals surface area contributed by atoms with Crippen molar-refractivity contribution < 1.29 is 32.3 Å². The van der Waals surface area contributed by atoms with Crippen molar-refractivity contribution in [2.24, 2.45) is 0 Å². The van der Waals surface area contributed by atoms with E-state index in [1.165, 1.54) is 18.2 Å². The predicted octanol–water partition coefficient (Wildman–Crippen LogP) is 1.93. The van der Waals surface area contributed by atoms with Crippen LogP contribution in [0, 0.1) is 0 Å². The Bertz CT molecular complexity index is 637. The monoisotopic (exact) mass is 367 g/mol. The molecule has 1 aromatic carbocycles. The van der Waals surface area contributed by atoms with Crippen molar-refractivity contribution >= 4 is 35.2 Å². The normalized spacial score (nSPS) is 10.7. The number of benzene rings is 1. The number of hydrogen-bond donors (Lipinski definition) is 3. The molecule has 0 aliphatic carbocycles. The molecule has 1 rings (SSSR count). The SMILES string of the molecule is COC(=O)c1cc(NC(=O)NCC(=O)NCC(F)(F)F)ccc1Cl. The number of rotatable bonds is 5. The van der Waals surface area contributed by atoms with Crippen LogP contribution in [0.2, 0.25) is 5.02 Å². The van der Waals surface area contributed by atoms with Crippen molar-refractivity contribution in [3.8, 4) is 0 Å². The number of nitrogens with one attached hydrogen (secondary N) is 3. The summed E-state index contributed by atoms with van der Waals surface area (Å²) in [4.78, 5) is 34.2. The van der Waals surface area contributed by atoms with Crippen LogP contribution in [0.25, 0.3) is 0 Å². The van der Waals surface area contributed by atoms with Crippen molar-refractivity contribution in [2.75, 3.05) is 25.5 Å². The number of carbonyl (C=O) groups is 3. The van der Waals surface area contributed by atoms with Gasteiger partial charge in [-0.2, -0.15) is 13.2 Å². The summed E-state index contributed by atoms with van der Waals surface area (Å²) in [6.45, 7) is -2.14. The Morgan fingerprint density at radius 1 is 1.21 bits per heavy atom. The lowest BCUT2D eigenvalue weighted by atomic mass is 10.2. The van der Waals surface area contributed by atoms with Crippen molar-refractivity contribution in [3.63, 3.8) is 0 Å². The van der Waals surface area contributed by atoms with Crippen molar-refractivity contribution in [1.29, 1.82) is 0 Å². The fourth-order valence-electron chi connectivity index (χ4n) is 1.47. The van der Waals surface area contributed by atoms with Gasteiger partial charge in [-0.25, -0.2) is 9.59 Å². The van der Waals surface area contributed by atoms with E-state index in [2.05, 4.69) is 15.4 Å². The number of methoxy groups -OCH3 is 1. The van der Waals surface area contributed by atoms with Gasteiger partial charge in [0.1, 0.15) is 6.54 Å². The molecule has 7 nitrogen and oxygen atoms in total. The molecule has 0 radical (unpaired) electrons. The number of amides is 3. The summed E-state index contributed by atoms with van der Waals surface area (Å²) in [6.07, 6.45) is -4.54. The van der Waals surface area contributed by atoms with E-state index in [9.17, 15) is 27.6 Å². The summed E-state index contributed by atoms with van der Waals surface area (Å²) < 4.78 is 40.2. The van der Waals surface area contributed by atoms with Crippen LogP contribution in [0.1, 0.15) is 10.4 Å². The minimum absolute atomic E-state index is 0.0138. The van der Waals surface area contributed by atoms with Crippen LogP contribution < -0.4 is 16.0 Å². The lowest BCUT2D eigenvalue weighted by Crippen LogP contribution is -2.42. The second-order valence-corrected chi connectivity index (χ2v) is 4.79. The largest absolute Gasteiger partial charge is 0.465 e. The zero-order chi connectivity index (χ0) is 18.3. The van der Waals surface area contributed by atoms with E-state index in [1.54, 1.807) is 5.32 Å². The Morgan fingerprint density at radius 3 is 2.46 bits per heavy atom. The molecule has 0 heterocycles. The molecule has 0 saturated carbocycles.